The Morgan fingerprint density at radius 1 is 1.25 bits per heavy atom. The van der Waals surface area contributed by atoms with Crippen molar-refractivity contribution in [2.45, 2.75) is 40.5 Å². The van der Waals surface area contributed by atoms with Gasteiger partial charge in [-0.1, -0.05) is 20.8 Å². The molecule has 0 radical (unpaired) electrons. The van der Waals surface area contributed by atoms with Crippen LogP contribution in [0.15, 0.2) is 0 Å². The van der Waals surface area contributed by atoms with E-state index in [0.29, 0.717) is 17.9 Å². The zero-order chi connectivity index (χ0) is 11.7. The van der Waals surface area contributed by atoms with Crippen LogP contribution in [0.25, 0.3) is 0 Å². The van der Waals surface area contributed by atoms with E-state index in [4.69, 9.17) is 4.74 Å². The SMILES string of the molecule is CCOC(=O)[C@@H]1[C@H]2C[C@@H]3[C@@H](C[C@@]21C)C3(C)C. The molecule has 90 valence electrons. The Hall–Kier alpha value is -0.530. The lowest BCUT2D eigenvalue weighted by atomic mass is 9.90. The molecule has 0 aliphatic heterocycles. The van der Waals surface area contributed by atoms with Gasteiger partial charge in [0.25, 0.3) is 0 Å². The van der Waals surface area contributed by atoms with E-state index in [2.05, 4.69) is 20.8 Å². The summed E-state index contributed by atoms with van der Waals surface area (Å²) in [5, 5.41) is 0. The molecule has 0 aromatic rings. The maximum Gasteiger partial charge on any atom is 0.309 e. The van der Waals surface area contributed by atoms with Gasteiger partial charge in [-0.25, -0.2) is 0 Å². The van der Waals surface area contributed by atoms with Crippen molar-refractivity contribution in [2.24, 2.45) is 34.5 Å². The summed E-state index contributed by atoms with van der Waals surface area (Å²) in [5.74, 6) is 2.65. The van der Waals surface area contributed by atoms with Crippen LogP contribution in [-0.4, -0.2) is 12.6 Å². The molecule has 16 heavy (non-hydrogen) atoms. The highest BCUT2D eigenvalue weighted by Crippen LogP contribution is 2.79. The van der Waals surface area contributed by atoms with E-state index in [0.717, 1.165) is 11.8 Å². The van der Waals surface area contributed by atoms with Crippen LogP contribution in [0.2, 0.25) is 0 Å². The Morgan fingerprint density at radius 2 is 1.94 bits per heavy atom. The van der Waals surface area contributed by atoms with Gasteiger partial charge in [0.1, 0.15) is 0 Å². The highest BCUT2D eigenvalue weighted by atomic mass is 16.5. The van der Waals surface area contributed by atoms with Gasteiger partial charge < -0.3 is 4.74 Å². The summed E-state index contributed by atoms with van der Waals surface area (Å²) >= 11 is 0. The molecule has 3 rings (SSSR count). The topological polar surface area (TPSA) is 26.3 Å². The third kappa shape index (κ3) is 1.11. The van der Waals surface area contributed by atoms with Gasteiger partial charge in [-0.15, -0.1) is 0 Å². The van der Waals surface area contributed by atoms with E-state index < -0.39 is 0 Å². The molecule has 2 heteroatoms. The lowest BCUT2D eigenvalue weighted by molar-refractivity contribution is -0.145. The van der Waals surface area contributed by atoms with E-state index >= 15 is 0 Å². The number of fused-ring (bicyclic) bond motifs is 2. The summed E-state index contributed by atoms with van der Waals surface area (Å²) in [6, 6.07) is 0. The number of rotatable bonds is 2. The van der Waals surface area contributed by atoms with Gasteiger partial charge in [-0.3, -0.25) is 4.79 Å². The van der Waals surface area contributed by atoms with Crippen LogP contribution in [0, 0.1) is 34.5 Å². The fourth-order valence-corrected chi connectivity index (χ4v) is 4.49. The molecule has 3 fully saturated rings. The maximum absolute atomic E-state index is 11.8. The monoisotopic (exact) mass is 222 g/mol. The number of hydrogen-bond acceptors (Lipinski definition) is 2. The molecule has 3 saturated carbocycles. The predicted molar refractivity (Wildman–Crippen MR) is 61.7 cm³/mol. The first kappa shape index (κ1) is 10.6. The quantitative estimate of drug-likeness (QED) is 0.672. The van der Waals surface area contributed by atoms with Crippen LogP contribution >= 0.6 is 0 Å². The maximum atomic E-state index is 11.8. The smallest absolute Gasteiger partial charge is 0.309 e. The predicted octanol–water partition coefficient (Wildman–Crippen LogP) is 2.87. The van der Waals surface area contributed by atoms with Crippen molar-refractivity contribution in [2.75, 3.05) is 6.61 Å². The zero-order valence-electron chi connectivity index (χ0n) is 10.7. The minimum absolute atomic E-state index is 0.0640. The molecule has 2 nitrogen and oxygen atoms in total. The number of carbonyl (C=O) groups excluding carboxylic acids is 1. The van der Waals surface area contributed by atoms with Gasteiger partial charge in [0, 0.05) is 0 Å². The van der Waals surface area contributed by atoms with E-state index in [-0.39, 0.29) is 17.3 Å². The molecule has 0 aromatic heterocycles. The molecule has 3 aliphatic carbocycles. The average molecular weight is 222 g/mol. The summed E-state index contributed by atoms with van der Waals surface area (Å²) in [5.41, 5.74) is 0.830. The fourth-order valence-electron chi connectivity index (χ4n) is 4.49. The molecule has 0 N–H and O–H groups in total. The van der Waals surface area contributed by atoms with E-state index in [1.807, 2.05) is 6.92 Å². The van der Waals surface area contributed by atoms with Crippen LogP contribution in [0.1, 0.15) is 40.5 Å². The van der Waals surface area contributed by atoms with Crippen molar-refractivity contribution in [3.8, 4) is 0 Å². The van der Waals surface area contributed by atoms with Crippen molar-refractivity contribution in [3.63, 3.8) is 0 Å². The van der Waals surface area contributed by atoms with Crippen molar-refractivity contribution in [3.05, 3.63) is 0 Å². The lowest BCUT2D eigenvalue weighted by Crippen LogP contribution is -2.13. The molecule has 0 spiro atoms. The normalized spacial score (nSPS) is 51.2. The first-order valence-corrected chi connectivity index (χ1v) is 6.59. The van der Waals surface area contributed by atoms with Crippen molar-refractivity contribution in [1.29, 1.82) is 0 Å². The first-order chi connectivity index (χ1) is 7.43. The van der Waals surface area contributed by atoms with Crippen molar-refractivity contribution >= 4 is 5.97 Å². The van der Waals surface area contributed by atoms with Crippen LogP contribution in [0.5, 0.6) is 0 Å². The molecule has 0 amide bonds. The summed E-state index contributed by atoms with van der Waals surface area (Å²) in [7, 11) is 0. The second-order valence-corrected chi connectivity index (χ2v) is 6.82. The van der Waals surface area contributed by atoms with Crippen LogP contribution in [-0.2, 0) is 9.53 Å². The molecule has 0 aromatic carbocycles. The third-order valence-electron chi connectivity index (χ3n) is 5.85. The Bertz CT molecular complexity index is 347. The fraction of sp³-hybridized carbons (Fsp3) is 0.929. The van der Waals surface area contributed by atoms with Crippen LogP contribution < -0.4 is 0 Å². The van der Waals surface area contributed by atoms with Gasteiger partial charge in [0.2, 0.25) is 0 Å². The molecule has 0 saturated heterocycles. The molecule has 0 bridgehead atoms. The van der Waals surface area contributed by atoms with E-state index in [1.165, 1.54) is 12.8 Å². The zero-order valence-corrected chi connectivity index (χ0v) is 10.7. The minimum atomic E-state index is 0.0640. The van der Waals surface area contributed by atoms with Gasteiger partial charge in [-0.05, 0) is 48.3 Å². The second-order valence-electron chi connectivity index (χ2n) is 6.82. The number of hydrogen-bond donors (Lipinski definition) is 0. The standard InChI is InChI=1S/C14H22O2/c1-5-16-12(15)11-9-6-8-10(13(8,2)3)7-14(9,11)4/h8-11H,5-7H2,1-4H3/t8-,9-,10-,11+,14+/m1/s1. The first-order valence-electron chi connectivity index (χ1n) is 6.59. The highest BCUT2D eigenvalue weighted by Gasteiger charge is 2.75. The van der Waals surface area contributed by atoms with Crippen LogP contribution in [0.3, 0.4) is 0 Å². The Morgan fingerprint density at radius 3 is 2.50 bits per heavy atom. The average Bonchev–Trinajstić information content (AvgIpc) is 2.96. The number of ether oxygens (including phenoxy) is 1. The summed E-state index contributed by atoms with van der Waals surface area (Å²) in [6.07, 6.45) is 2.51. The van der Waals surface area contributed by atoms with E-state index in [9.17, 15) is 4.79 Å². The molecule has 0 unspecified atom stereocenters. The number of carbonyl (C=O) groups is 1. The molecular formula is C14H22O2. The highest BCUT2D eigenvalue weighted by molar-refractivity contribution is 5.78. The molecule has 0 heterocycles. The van der Waals surface area contributed by atoms with E-state index in [1.54, 1.807) is 0 Å². The minimum Gasteiger partial charge on any atom is -0.466 e. The summed E-state index contributed by atoms with van der Waals surface area (Å²) in [6.45, 7) is 9.48. The summed E-state index contributed by atoms with van der Waals surface area (Å²) < 4.78 is 5.19. The Kier molecular flexibility index (Phi) is 1.88. The van der Waals surface area contributed by atoms with Crippen molar-refractivity contribution < 1.29 is 9.53 Å². The third-order valence-corrected chi connectivity index (χ3v) is 5.85. The Labute approximate surface area is 97.7 Å². The largest absolute Gasteiger partial charge is 0.466 e. The van der Waals surface area contributed by atoms with Gasteiger partial charge in [0.05, 0.1) is 12.5 Å². The van der Waals surface area contributed by atoms with Gasteiger partial charge in [0.15, 0.2) is 0 Å². The molecular weight excluding hydrogens is 200 g/mol. The lowest BCUT2D eigenvalue weighted by Gasteiger charge is -2.15. The van der Waals surface area contributed by atoms with Gasteiger partial charge in [-0.2, -0.15) is 0 Å². The number of esters is 1. The summed E-state index contributed by atoms with van der Waals surface area (Å²) in [4.78, 5) is 11.8. The molecule has 3 aliphatic rings. The second kappa shape index (κ2) is 2.83. The molecule has 5 atom stereocenters. The Balaban J connectivity index is 1.71. The van der Waals surface area contributed by atoms with Gasteiger partial charge >= 0.3 is 5.97 Å². The van der Waals surface area contributed by atoms with Crippen LogP contribution in [0.4, 0.5) is 0 Å². The van der Waals surface area contributed by atoms with Crippen molar-refractivity contribution in [1.82, 2.24) is 0 Å².